The van der Waals surface area contributed by atoms with E-state index in [-0.39, 0.29) is 23.5 Å². The highest BCUT2D eigenvalue weighted by molar-refractivity contribution is 5.69. The molecule has 28 heavy (non-hydrogen) atoms. The zero-order valence-corrected chi connectivity index (χ0v) is 15.5. The van der Waals surface area contributed by atoms with E-state index < -0.39 is 0 Å². The Morgan fingerprint density at radius 1 is 0.500 bits per heavy atom. The second kappa shape index (κ2) is 6.42. The lowest BCUT2D eigenvalue weighted by atomic mass is 10.00. The summed E-state index contributed by atoms with van der Waals surface area (Å²) >= 11 is 0. The molecule has 4 N–H and O–H groups in total. The average molecular weight is 376 g/mol. The minimum Gasteiger partial charge on any atom is -0.494 e. The first-order chi connectivity index (χ1) is 13.4. The van der Waals surface area contributed by atoms with Crippen molar-refractivity contribution < 1.29 is 20.4 Å². The van der Waals surface area contributed by atoms with Gasteiger partial charge in [0, 0.05) is 24.3 Å². The van der Waals surface area contributed by atoms with Gasteiger partial charge in [-0.1, -0.05) is 12.1 Å². The molecule has 142 valence electrons. The highest BCUT2D eigenvalue weighted by atomic mass is 16.3. The second-order valence-corrected chi connectivity index (χ2v) is 6.77. The second-order valence-electron chi connectivity index (χ2n) is 6.77. The minimum atomic E-state index is -0.0279. The molecule has 6 heteroatoms. The van der Waals surface area contributed by atoms with E-state index >= 15 is 0 Å². The molecule has 2 heterocycles. The summed E-state index contributed by atoms with van der Waals surface area (Å²) in [6.45, 7) is 3.82. The van der Waals surface area contributed by atoms with Crippen LogP contribution in [-0.2, 0) is 0 Å². The Hall–Kier alpha value is -3.80. The van der Waals surface area contributed by atoms with E-state index in [4.69, 9.17) is 0 Å². The SMILES string of the molecule is Cc1cc(-c2ccc(-n3c(O)ccc3O)c(C)c2)ccc1-n1c(O)ccc1O. The lowest BCUT2D eigenvalue weighted by Gasteiger charge is -2.14. The van der Waals surface area contributed by atoms with Crippen LogP contribution in [0.5, 0.6) is 23.5 Å². The molecule has 0 aliphatic carbocycles. The van der Waals surface area contributed by atoms with Crippen LogP contribution in [0, 0.1) is 13.8 Å². The number of hydrogen-bond donors (Lipinski definition) is 4. The van der Waals surface area contributed by atoms with Crippen molar-refractivity contribution in [2.75, 3.05) is 0 Å². The third-order valence-electron chi connectivity index (χ3n) is 4.89. The molecule has 0 fully saturated rings. The van der Waals surface area contributed by atoms with Crippen LogP contribution in [0.2, 0.25) is 0 Å². The molecule has 0 saturated heterocycles. The zero-order valence-electron chi connectivity index (χ0n) is 15.5. The van der Waals surface area contributed by atoms with Crippen molar-refractivity contribution in [2.45, 2.75) is 13.8 Å². The molecule has 2 aromatic carbocycles. The predicted octanol–water partition coefficient (Wildman–Crippen LogP) is 4.37. The summed E-state index contributed by atoms with van der Waals surface area (Å²) in [6, 6.07) is 17.2. The summed E-state index contributed by atoms with van der Waals surface area (Å²) in [4.78, 5) is 0. The quantitative estimate of drug-likeness (QED) is 0.427. The molecule has 2 aromatic heterocycles. The van der Waals surface area contributed by atoms with Crippen LogP contribution in [-0.4, -0.2) is 29.6 Å². The molecule has 0 bridgehead atoms. The molecule has 0 amide bonds. The van der Waals surface area contributed by atoms with E-state index in [2.05, 4.69) is 0 Å². The summed E-state index contributed by atoms with van der Waals surface area (Å²) in [6.07, 6.45) is 0. The maximum absolute atomic E-state index is 9.96. The first kappa shape index (κ1) is 17.6. The largest absolute Gasteiger partial charge is 0.494 e. The van der Waals surface area contributed by atoms with Crippen LogP contribution in [0.3, 0.4) is 0 Å². The first-order valence-electron chi connectivity index (χ1n) is 8.78. The molecule has 0 unspecified atom stereocenters. The summed E-state index contributed by atoms with van der Waals surface area (Å²) in [5.74, 6) is -0.112. The van der Waals surface area contributed by atoms with Gasteiger partial charge in [-0.25, -0.2) is 0 Å². The van der Waals surface area contributed by atoms with Crippen LogP contribution in [0.25, 0.3) is 22.5 Å². The number of nitrogens with zero attached hydrogens (tertiary/aromatic N) is 2. The van der Waals surface area contributed by atoms with Gasteiger partial charge >= 0.3 is 0 Å². The molecule has 4 rings (SSSR count). The van der Waals surface area contributed by atoms with Gasteiger partial charge in [0.1, 0.15) is 0 Å². The minimum absolute atomic E-state index is 0.0279. The number of aryl methyl sites for hydroxylation is 2. The van der Waals surface area contributed by atoms with Gasteiger partial charge in [0.25, 0.3) is 0 Å². The molecule has 6 nitrogen and oxygen atoms in total. The fourth-order valence-electron chi connectivity index (χ4n) is 3.50. The van der Waals surface area contributed by atoms with Crippen LogP contribution < -0.4 is 0 Å². The van der Waals surface area contributed by atoms with Gasteiger partial charge in [-0.3, -0.25) is 9.13 Å². The normalized spacial score (nSPS) is 11.1. The monoisotopic (exact) mass is 376 g/mol. The molecule has 0 atom stereocenters. The summed E-state index contributed by atoms with van der Waals surface area (Å²) in [5.41, 5.74) is 5.12. The Labute approximate surface area is 161 Å². The fraction of sp³-hybridized carbons (Fsp3) is 0.0909. The van der Waals surface area contributed by atoms with Crippen molar-refractivity contribution in [1.29, 1.82) is 0 Å². The molecule has 0 aliphatic heterocycles. The fourth-order valence-corrected chi connectivity index (χ4v) is 3.50. The molecule has 0 spiro atoms. The Bertz CT molecular complexity index is 1050. The van der Waals surface area contributed by atoms with E-state index in [9.17, 15) is 20.4 Å². The predicted molar refractivity (Wildman–Crippen MR) is 107 cm³/mol. The Balaban J connectivity index is 1.74. The van der Waals surface area contributed by atoms with Gasteiger partial charge in [0.2, 0.25) is 0 Å². The maximum atomic E-state index is 9.96. The lowest BCUT2D eigenvalue weighted by molar-refractivity contribution is 0.401. The van der Waals surface area contributed by atoms with Crippen LogP contribution >= 0.6 is 0 Å². The topological polar surface area (TPSA) is 90.8 Å². The summed E-state index contributed by atoms with van der Waals surface area (Å²) < 4.78 is 2.76. The van der Waals surface area contributed by atoms with Gasteiger partial charge in [0.05, 0.1) is 11.4 Å². The van der Waals surface area contributed by atoms with Gasteiger partial charge in [-0.2, -0.15) is 0 Å². The van der Waals surface area contributed by atoms with E-state index in [0.29, 0.717) is 11.4 Å². The van der Waals surface area contributed by atoms with Crippen molar-refractivity contribution in [1.82, 2.24) is 9.13 Å². The highest BCUT2D eigenvalue weighted by Gasteiger charge is 2.14. The molecular weight excluding hydrogens is 356 g/mol. The van der Waals surface area contributed by atoms with E-state index in [0.717, 1.165) is 22.3 Å². The van der Waals surface area contributed by atoms with Crippen LogP contribution in [0.1, 0.15) is 11.1 Å². The van der Waals surface area contributed by atoms with Gasteiger partial charge in [-0.15, -0.1) is 0 Å². The van der Waals surface area contributed by atoms with Crippen LogP contribution in [0.4, 0.5) is 0 Å². The first-order valence-corrected chi connectivity index (χ1v) is 8.78. The van der Waals surface area contributed by atoms with E-state index in [1.54, 1.807) is 0 Å². The molecule has 0 aliphatic rings. The zero-order chi connectivity index (χ0) is 20.0. The average Bonchev–Trinajstić information content (AvgIpc) is 3.17. The van der Waals surface area contributed by atoms with Crippen molar-refractivity contribution in [2.24, 2.45) is 0 Å². The van der Waals surface area contributed by atoms with E-state index in [1.807, 2.05) is 50.2 Å². The van der Waals surface area contributed by atoms with Gasteiger partial charge < -0.3 is 20.4 Å². The smallest absolute Gasteiger partial charge is 0.198 e. The van der Waals surface area contributed by atoms with E-state index in [1.165, 1.54) is 33.4 Å². The molecule has 4 aromatic rings. The summed E-state index contributed by atoms with van der Waals surface area (Å²) in [7, 11) is 0. The molecule has 0 radical (unpaired) electrons. The number of rotatable bonds is 3. The number of aromatic nitrogens is 2. The van der Waals surface area contributed by atoms with Gasteiger partial charge in [-0.05, 0) is 60.4 Å². The van der Waals surface area contributed by atoms with Crippen molar-refractivity contribution in [3.8, 4) is 46.0 Å². The highest BCUT2D eigenvalue weighted by Crippen LogP contribution is 2.33. The number of aromatic hydroxyl groups is 4. The lowest BCUT2D eigenvalue weighted by Crippen LogP contribution is -1.98. The summed E-state index contributed by atoms with van der Waals surface area (Å²) in [5, 5.41) is 39.8. The number of benzene rings is 2. The Morgan fingerprint density at radius 2 is 0.821 bits per heavy atom. The number of hydrogen-bond acceptors (Lipinski definition) is 4. The van der Waals surface area contributed by atoms with Gasteiger partial charge in [0.15, 0.2) is 23.5 Å². The maximum Gasteiger partial charge on any atom is 0.198 e. The van der Waals surface area contributed by atoms with Crippen molar-refractivity contribution >= 4 is 0 Å². The van der Waals surface area contributed by atoms with Crippen molar-refractivity contribution in [3.63, 3.8) is 0 Å². The Morgan fingerprint density at radius 3 is 1.11 bits per heavy atom. The standard InChI is InChI=1S/C22H20N2O4/c1-13-11-15(3-5-17(13)23-19(25)7-8-20(23)26)16-4-6-18(14(2)12-16)24-21(27)9-10-22(24)28/h3-12,25-28H,1-2H3. The Kier molecular flexibility index (Phi) is 4.04. The molecule has 0 saturated carbocycles. The third kappa shape index (κ3) is 2.75. The molecular formula is C22H20N2O4. The van der Waals surface area contributed by atoms with Crippen LogP contribution in [0.15, 0.2) is 60.7 Å². The van der Waals surface area contributed by atoms with Crippen molar-refractivity contribution in [3.05, 3.63) is 71.8 Å². The third-order valence-corrected chi connectivity index (χ3v) is 4.89.